The number of amides is 16. The summed E-state index contributed by atoms with van der Waals surface area (Å²) >= 11 is 1.42. The number of aliphatic imine (C=N–C) groups is 2. The summed E-state index contributed by atoms with van der Waals surface area (Å²) in [4.78, 5) is 241. The Morgan fingerprint density at radius 3 is 1.17 bits per heavy atom. The van der Waals surface area contributed by atoms with Gasteiger partial charge in [-0.15, -0.1) is 0 Å². The third-order valence-electron chi connectivity index (χ3n) is 18.8. The van der Waals surface area contributed by atoms with E-state index in [4.69, 9.17) is 51.6 Å². The Bertz CT molecular complexity index is 3670. The molecule has 0 aromatic heterocycles. The number of nitrogens with one attached hydrogen (secondary N) is 14. The number of aldehydes is 1. The zero-order valence-electron chi connectivity index (χ0n) is 70.6. The van der Waals surface area contributed by atoms with Crippen LogP contribution in [-0.4, -0.2) is 281 Å². The van der Waals surface area contributed by atoms with Crippen molar-refractivity contribution in [2.75, 3.05) is 44.8 Å². The second kappa shape index (κ2) is 58.0. The number of primary amides is 2. The van der Waals surface area contributed by atoms with Crippen LogP contribution in [0.4, 0.5) is 0 Å². The largest absolute Gasteiger partial charge is 0.508 e. The highest BCUT2D eigenvalue weighted by Gasteiger charge is 2.40. The fourth-order valence-corrected chi connectivity index (χ4v) is 12.2. The molecule has 0 fully saturated rings. The third kappa shape index (κ3) is 42.4. The first-order valence-corrected chi connectivity index (χ1v) is 41.6. The quantitative estimate of drug-likeness (QED) is 0.0125. The fourth-order valence-electron chi connectivity index (χ4n) is 11.7. The molecule has 0 aliphatic carbocycles. The number of carbonyl (C=O) groups excluding carboxylic acids is 17. The lowest BCUT2D eigenvalue weighted by Gasteiger charge is -2.29. The molecule has 1 aromatic rings. The number of aliphatic hydroxyl groups is 3. The van der Waals surface area contributed by atoms with Crippen molar-refractivity contribution in [1.82, 2.24) is 74.4 Å². The molecule has 0 spiro atoms. The minimum absolute atomic E-state index is 0.0306. The molecule has 0 radical (unpaired) electrons. The van der Waals surface area contributed by atoms with Crippen LogP contribution >= 0.6 is 11.8 Å². The third-order valence-corrected chi connectivity index (χ3v) is 19.5. The zero-order chi connectivity index (χ0) is 92.6. The van der Waals surface area contributed by atoms with Gasteiger partial charge in [-0.25, -0.2) is 0 Å². The molecule has 0 aliphatic heterocycles. The minimum Gasteiger partial charge on any atom is -0.508 e. The Kier molecular flexibility index (Phi) is 51.7. The summed E-state index contributed by atoms with van der Waals surface area (Å²) in [7, 11) is 0. The molecule has 46 nitrogen and oxygen atoms in total. The van der Waals surface area contributed by atoms with Crippen LogP contribution in [-0.2, 0) is 87.9 Å². The average Bonchev–Trinajstić information content (AvgIpc) is 0.854. The normalized spacial score (nSPS) is 15.5. The number of rotatable bonds is 61. The van der Waals surface area contributed by atoms with Gasteiger partial charge in [0, 0.05) is 19.5 Å². The smallest absolute Gasteiger partial charge is 0.245 e. The molecule has 18 unspecified atom stereocenters. The van der Waals surface area contributed by atoms with Gasteiger partial charge < -0.3 is 151 Å². The predicted octanol–water partition coefficient (Wildman–Crippen LogP) is -10.00. The zero-order valence-corrected chi connectivity index (χ0v) is 71.5. The number of guanidine groups is 2. The van der Waals surface area contributed by atoms with Gasteiger partial charge in [-0.2, -0.15) is 11.8 Å². The number of aromatic hydroxyl groups is 1. The lowest BCUT2D eigenvalue weighted by Crippen LogP contribution is -2.63. The van der Waals surface area contributed by atoms with E-state index in [1.807, 2.05) is 13.8 Å². The predicted molar refractivity (Wildman–Crippen MR) is 450 cm³/mol. The molecule has 0 saturated carbocycles. The Hall–Kier alpha value is -11.1. The number of unbranched alkanes of at least 4 members (excludes halogenated alkanes) is 2. The second-order valence-electron chi connectivity index (χ2n) is 29.9. The van der Waals surface area contributed by atoms with Gasteiger partial charge in [0.25, 0.3) is 0 Å². The van der Waals surface area contributed by atoms with Crippen molar-refractivity contribution in [3.05, 3.63) is 29.8 Å². The average molecular weight is 1750 g/mol. The highest BCUT2D eigenvalue weighted by atomic mass is 32.2. The SMILES string of the molecule is CCC(C)C(NC(=O)C(C)NC(=O)C(CC(N)=O)NC(=O)C(CCCCN)NC(=O)C(CCCN=C(N)N)NC(=O)C(CCCN=C(N)N)NC(=O)C(CO)NC(=O)C(NC(=O)C(CCCCN)NC(=O)C(NC(=O)C(N)CCSC)C(C)O)C(C)O)C(=O)NC(C)C(=O)NC(CC(N)=O)C(=O)NC(Cc1ccc(O)cc1)C(=O)NC(C=O)CC(C)C. The van der Waals surface area contributed by atoms with E-state index >= 15 is 0 Å². The molecule has 47 heteroatoms. The maximum absolute atomic E-state index is 14.7. The molecule has 0 bridgehead atoms. The summed E-state index contributed by atoms with van der Waals surface area (Å²) in [5.74, 6) is -18.0. The van der Waals surface area contributed by atoms with Crippen LogP contribution in [0, 0.1) is 11.8 Å². The Labute approximate surface area is 712 Å². The van der Waals surface area contributed by atoms with E-state index in [0.29, 0.717) is 24.0 Å². The van der Waals surface area contributed by atoms with Gasteiger partial charge in [0.15, 0.2) is 11.9 Å². The van der Waals surface area contributed by atoms with E-state index in [0.717, 1.165) is 6.92 Å². The van der Waals surface area contributed by atoms with Gasteiger partial charge in [-0.3, -0.25) is 86.7 Å². The number of phenolic OH excluding ortho intramolecular Hbond substituents is 1. The summed E-state index contributed by atoms with van der Waals surface area (Å²) in [6.45, 7) is 10.3. The second-order valence-corrected chi connectivity index (χ2v) is 30.9. The topological polar surface area (TPSA) is 798 Å². The molecular weight excluding hydrogens is 1620 g/mol. The van der Waals surface area contributed by atoms with Gasteiger partial charge in [0.05, 0.1) is 43.7 Å². The molecule has 18 atom stereocenters. The van der Waals surface area contributed by atoms with E-state index < -0.39 is 223 Å². The van der Waals surface area contributed by atoms with Crippen LogP contribution in [0.1, 0.15) is 157 Å². The van der Waals surface area contributed by atoms with E-state index in [9.17, 15) is 102 Å². The molecule has 688 valence electrons. The summed E-state index contributed by atoms with van der Waals surface area (Å²) in [5, 5.41) is 75.8. The van der Waals surface area contributed by atoms with Crippen LogP contribution < -0.4 is 126 Å². The lowest BCUT2D eigenvalue weighted by atomic mass is 9.97. The van der Waals surface area contributed by atoms with Gasteiger partial charge >= 0.3 is 0 Å². The van der Waals surface area contributed by atoms with Gasteiger partial charge in [-0.1, -0.05) is 46.2 Å². The first kappa shape index (κ1) is 109. The number of hydrogen-bond acceptors (Lipinski definition) is 27. The maximum Gasteiger partial charge on any atom is 0.245 e. The lowest BCUT2D eigenvalue weighted by molar-refractivity contribution is -0.138. The molecular formula is C75H131N25O21S. The highest BCUT2D eigenvalue weighted by Crippen LogP contribution is 2.16. The molecule has 1 rings (SSSR count). The van der Waals surface area contributed by atoms with Gasteiger partial charge in [-0.05, 0) is 159 Å². The van der Waals surface area contributed by atoms with Gasteiger partial charge in [0.2, 0.25) is 94.5 Å². The molecule has 1 aromatic carbocycles. The highest BCUT2D eigenvalue weighted by molar-refractivity contribution is 7.98. The van der Waals surface area contributed by atoms with E-state index in [2.05, 4.69) is 84.4 Å². The summed E-state index contributed by atoms with van der Waals surface area (Å²) in [5.41, 5.74) is 51.2. The van der Waals surface area contributed by atoms with Crippen molar-refractivity contribution in [3.8, 4) is 5.75 Å². The standard InChI is InChI=1S/C75H131N25O21S/c1-10-38(4)57(71(119)88-39(5)60(108)94-53(34-56(80)107)69(117)95-51(32-43-21-23-45(105)24-22-43)68(116)89-44(35-101)31-37(2)3)98-61(109)40(6)87-67(115)52(33-55(79)106)96-65(113)47(17-11-13-26-76)90-63(111)49(19-15-28-85-74(81)82)91-64(112)50(20-16-29-86-75(83)84)92-70(118)54(36-102)97-73(121)59(42(8)104)100-66(114)48(18-12-14-27-77)93-72(120)58(41(7)103)99-62(110)46(78)25-30-122-9/h21-24,35,37-42,44,46-54,57-59,102-105H,10-20,25-34,36,76-78H2,1-9H3,(H2,79,106)(H2,80,107)(H,87,115)(H,88,119)(H,89,116)(H,90,111)(H,91,112)(H,92,118)(H,93,120)(H,94,108)(H,95,117)(H,96,113)(H,97,121)(H,98,109)(H,99,110)(H,100,114)(H4,81,82,85)(H4,83,84,86). The van der Waals surface area contributed by atoms with E-state index in [1.165, 1.54) is 56.8 Å². The summed E-state index contributed by atoms with van der Waals surface area (Å²) in [6, 6.07) is -17.9. The first-order chi connectivity index (χ1) is 57.4. The van der Waals surface area contributed by atoms with Crippen molar-refractivity contribution in [3.63, 3.8) is 0 Å². The first-order valence-electron chi connectivity index (χ1n) is 40.2. The van der Waals surface area contributed by atoms with Crippen LogP contribution in [0.2, 0.25) is 0 Å². The molecule has 0 heterocycles. The maximum atomic E-state index is 14.7. The molecule has 0 saturated heterocycles. The Morgan fingerprint density at radius 1 is 0.426 bits per heavy atom. The van der Waals surface area contributed by atoms with Crippen molar-refractivity contribution >= 4 is 124 Å². The molecule has 36 N–H and O–H groups in total. The number of hydrogen-bond donors (Lipinski definition) is 27. The monoisotopic (exact) mass is 1750 g/mol. The van der Waals surface area contributed by atoms with Crippen molar-refractivity contribution in [2.45, 2.75) is 261 Å². The van der Waals surface area contributed by atoms with E-state index in [-0.39, 0.29) is 133 Å². The number of benzene rings is 1. The van der Waals surface area contributed by atoms with Crippen molar-refractivity contribution in [2.24, 2.45) is 73.4 Å². The molecule has 16 amide bonds. The van der Waals surface area contributed by atoms with E-state index in [1.54, 1.807) is 20.1 Å². The Morgan fingerprint density at radius 2 is 0.770 bits per heavy atom. The van der Waals surface area contributed by atoms with Crippen LogP contribution in [0.3, 0.4) is 0 Å². The van der Waals surface area contributed by atoms with Crippen LogP contribution in [0.25, 0.3) is 0 Å². The van der Waals surface area contributed by atoms with Gasteiger partial charge in [0.1, 0.15) is 90.6 Å². The minimum atomic E-state index is -1.96. The number of carbonyl (C=O) groups is 17. The van der Waals surface area contributed by atoms with Crippen molar-refractivity contribution in [1.29, 1.82) is 0 Å². The van der Waals surface area contributed by atoms with Crippen LogP contribution in [0.5, 0.6) is 5.75 Å². The summed E-state index contributed by atoms with van der Waals surface area (Å²) in [6.07, 6.45) is -2.24. The number of aliphatic hydroxyl groups excluding tert-OH is 3. The number of nitrogens with two attached hydrogens (primary N) is 9. The Balaban J connectivity index is 3.64. The number of phenols is 1. The van der Waals surface area contributed by atoms with Crippen molar-refractivity contribution < 1.29 is 102 Å². The molecule has 122 heavy (non-hydrogen) atoms. The van der Waals surface area contributed by atoms with Crippen LogP contribution in [0.15, 0.2) is 34.3 Å². The number of thioether (sulfide) groups is 1. The number of nitrogens with zero attached hydrogens (tertiary/aromatic N) is 2. The molecule has 0 aliphatic rings. The summed E-state index contributed by atoms with van der Waals surface area (Å²) < 4.78 is 0. The fraction of sp³-hybridized carbons (Fsp3) is 0.667.